The fourth-order valence-electron chi connectivity index (χ4n) is 2.34. The van der Waals surface area contributed by atoms with E-state index in [1.807, 2.05) is 0 Å². The van der Waals surface area contributed by atoms with Gasteiger partial charge in [-0.15, -0.1) is 5.10 Å². The van der Waals surface area contributed by atoms with Crippen LogP contribution < -0.4 is 16.2 Å². The molecule has 3 rings (SSSR count). The van der Waals surface area contributed by atoms with Gasteiger partial charge in [-0.3, -0.25) is 4.79 Å². The molecule has 146 valence electrons. The Labute approximate surface area is 164 Å². The molecule has 0 saturated heterocycles. The predicted octanol–water partition coefficient (Wildman–Crippen LogP) is 2.04. The van der Waals surface area contributed by atoms with Gasteiger partial charge in [0, 0.05) is 5.69 Å². The highest BCUT2D eigenvalue weighted by Crippen LogP contribution is 2.25. The van der Waals surface area contributed by atoms with Crippen LogP contribution in [0, 0.1) is 12.7 Å². The molecule has 0 aliphatic rings. The third-order valence-electron chi connectivity index (χ3n) is 3.76. The van der Waals surface area contributed by atoms with Gasteiger partial charge in [0.25, 0.3) is 5.91 Å². The highest BCUT2D eigenvalue weighted by atomic mass is 35.5. The van der Waals surface area contributed by atoms with Crippen molar-refractivity contribution in [3.05, 3.63) is 58.4 Å². The van der Waals surface area contributed by atoms with E-state index in [0.29, 0.717) is 15.9 Å². The second-order valence-electron chi connectivity index (χ2n) is 5.76. The second kappa shape index (κ2) is 7.19. The van der Waals surface area contributed by atoms with Gasteiger partial charge in [0.15, 0.2) is 0 Å². The Balaban J connectivity index is 1.90. The molecule has 0 radical (unpaired) electrons. The quantitative estimate of drug-likeness (QED) is 0.580. The molecule has 3 aromatic rings. The molecule has 0 atom stereocenters. The van der Waals surface area contributed by atoms with Crippen LogP contribution >= 0.6 is 11.6 Å². The van der Waals surface area contributed by atoms with Crippen molar-refractivity contribution in [2.45, 2.75) is 11.8 Å². The normalized spacial score (nSPS) is 11.4. The first kappa shape index (κ1) is 19.7. The van der Waals surface area contributed by atoms with Crippen molar-refractivity contribution in [1.82, 2.24) is 14.8 Å². The van der Waals surface area contributed by atoms with Crippen molar-refractivity contribution in [2.75, 3.05) is 11.1 Å². The van der Waals surface area contributed by atoms with Crippen LogP contribution in [0.1, 0.15) is 15.9 Å². The van der Waals surface area contributed by atoms with Crippen molar-refractivity contribution >= 4 is 45.1 Å². The van der Waals surface area contributed by atoms with E-state index in [1.165, 1.54) is 30.3 Å². The molecule has 28 heavy (non-hydrogen) atoms. The number of nitrogens with zero attached hydrogens (tertiary/aromatic N) is 3. The second-order valence-corrected chi connectivity index (χ2v) is 7.70. The Morgan fingerprint density at radius 1 is 1.21 bits per heavy atom. The van der Waals surface area contributed by atoms with Gasteiger partial charge in [-0.05, 0) is 42.8 Å². The minimum atomic E-state index is -3.82. The number of carbonyl (C=O) groups is 1. The molecule has 0 aliphatic carbocycles. The molecule has 0 spiro atoms. The number of anilines is 3. The first-order valence-corrected chi connectivity index (χ1v) is 9.62. The Bertz CT molecular complexity index is 1180. The van der Waals surface area contributed by atoms with Gasteiger partial charge in [-0.2, -0.15) is 9.67 Å². The minimum Gasteiger partial charge on any atom is -0.368 e. The monoisotopic (exact) mass is 424 g/mol. The SMILES string of the molecule is Cc1ccc(F)c(C(=O)n2nc(Nc3ccc(S(N)(=O)=O)cc3)nc2N)c1Cl. The third-order valence-corrected chi connectivity index (χ3v) is 5.18. The summed E-state index contributed by atoms with van der Waals surface area (Å²) in [6, 6.07) is 7.98. The van der Waals surface area contributed by atoms with Gasteiger partial charge >= 0.3 is 0 Å². The van der Waals surface area contributed by atoms with Gasteiger partial charge < -0.3 is 11.1 Å². The summed E-state index contributed by atoms with van der Waals surface area (Å²) in [7, 11) is -3.82. The summed E-state index contributed by atoms with van der Waals surface area (Å²) in [4.78, 5) is 16.5. The van der Waals surface area contributed by atoms with Crippen LogP contribution in [-0.4, -0.2) is 29.1 Å². The Morgan fingerprint density at radius 2 is 1.86 bits per heavy atom. The lowest BCUT2D eigenvalue weighted by Crippen LogP contribution is -2.18. The zero-order valence-corrected chi connectivity index (χ0v) is 15.9. The molecule has 1 heterocycles. The van der Waals surface area contributed by atoms with E-state index in [-0.39, 0.29) is 27.4 Å². The van der Waals surface area contributed by atoms with E-state index in [0.717, 1.165) is 6.07 Å². The maximum absolute atomic E-state index is 14.1. The van der Waals surface area contributed by atoms with Crippen molar-refractivity contribution < 1.29 is 17.6 Å². The summed E-state index contributed by atoms with van der Waals surface area (Å²) in [5.41, 5.74) is 6.27. The van der Waals surface area contributed by atoms with Crippen LogP contribution in [0.4, 0.5) is 22.0 Å². The molecular formula is C16H14ClFN6O3S. The molecule has 0 aliphatic heterocycles. The molecule has 12 heteroatoms. The van der Waals surface area contributed by atoms with E-state index in [1.54, 1.807) is 6.92 Å². The van der Waals surface area contributed by atoms with Crippen LogP contribution in [0.5, 0.6) is 0 Å². The van der Waals surface area contributed by atoms with Gasteiger partial charge in [0.2, 0.25) is 21.9 Å². The molecule has 0 amide bonds. The molecule has 0 unspecified atom stereocenters. The number of sulfonamides is 1. The van der Waals surface area contributed by atoms with Crippen LogP contribution in [0.15, 0.2) is 41.3 Å². The zero-order valence-electron chi connectivity index (χ0n) is 14.3. The molecule has 1 aromatic heterocycles. The maximum Gasteiger partial charge on any atom is 0.285 e. The average molecular weight is 425 g/mol. The number of hydrogen-bond acceptors (Lipinski definition) is 7. The van der Waals surface area contributed by atoms with Crippen LogP contribution in [-0.2, 0) is 10.0 Å². The van der Waals surface area contributed by atoms with Crippen LogP contribution in [0.3, 0.4) is 0 Å². The standard InChI is InChI=1S/C16H14ClFN6O3S/c1-8-2-7-11(18)12(13(8)17)14(25)24-15(19)22-16(23-24)21-9-3-5-10(6-4-9)28(20,26)27/h2-7H,1H3,(H2,20,26,27)(H3,19,21,22,23). The first-order chi connectivity index (χ1) is 13.1. The van der Waals surface area contributed by atoms with Crippen molar-refractivity contribution in [3.63, 3.8) is 0 Å². The molecule has 0 fully saturated rings. The van der Waals surface area contributed by atoms with E-state index >= 15 is 0 Å². The lowest BCUT2D eigenvalue weighted by atomic mass is 10.1. The summed E-state index contributed by atoms with van der Waals surface area (Å²) in [6.07, 6.45) is 0. The van der Waals surface area contributed by atoms with Crippen LogP contribution in [0.25, 0.3) is 0 Å². The zero-order chi connectivity index (χ0) is 20.6. The van der Waals surface area contributed by atoms with Gasteiger partial charge in [-0.1, -0.05) is 17.7 Å². The number of rotatable bonds is 4. The molecule has 0 saturated carbocycles. The van der Waals surface area contributed by atoms with E-state index in [9.17, 15) is 17.6 Å². The number of primary sulfonamides is 1. The fraction of sp³-hybridized carbons (Fsp3) is 0.0625. The average Bonchev–Trinajstić information content (AvgIpc) is 2.98. The number of carbonyl (C=O) groups excluding carboxylic acids is 1. The molecular weight excluding hydrogens is 411 g/mol. The van der Waals surface area contributed by atoms with E-state index < -0.39 is 21.7 Å². The number of aryl methyl sites for hydroxylation is 1. The highest BCUT2D eigenvalue weighted by Gasteiger charge is 2.23. The van der Waals surface area contributed by atoms with Gasteiger partial charge in [0.05, 0.1) is 15.5 Å². The highest BCUT2D eigenvalue weighted by molar-refractivity contribution is 7.89. The molecule has 2 aromatic carbocycles. The minimum absolute atomic E-state index is 0.0482. The summed E-state index contributed by atoms with van der Waals surface area (Å²) < 4.78 is 37.4. The largest absolute Gasteiger partial charge is 0.368 e. The van der Waals surface area contributed by atoms with Crippen LogP contribution in [0.2, 0.25) is 5.02 Å². The number of hydrogen-bond donors (Lipinski definition) is 3. The van der Waals surface area contributed by atoms with Gasteiger partial charge in [0.1, 0.15) is 5.82 Å². The Morgan fingerprint density at radius 3 is 2.46 bits per heavy atom. The topological polar surface area (TPSA) is 146 Å². The smallest absolute Gasteiger partial charge is 0.285 e. The lowest BCUT2D eigenvalue weighted by Gasteiger charge is -2.07. The number of nitrogens with one attached hydrogen (secondary N) is 1. The lowest BCUT2D eigenvalue weighted by molar-refractivity contribution is 0.0944. The van der Waals surface area contributed by atoms with Crippen molar-refractivity contribution in [3.8, 4) is 0 Å². The number of nitrogens with two attached hydrogens (primary N) is 2. The number of halogens is 2. The molecule has 0 bridgehead atoms. The molecule has 5 N–H and O–H groups in total. The van der Waals surface area contributed by atoms with E-state index in [4.69, 9.17) is 22.5 Å². The van der Waals surface area contributed by atoms with Gasteiger partial charge in [-0.25, -0.2) is 17.9 Å². The van der Waals surface area contributed by atoms with Crippen molar-refractivity contribution in [2.24, 2.45) is 5.14 Å². The summed E-state index contributed by atoms with van der Waals surface area (Å²) in [5, 5.41) is 11.7. The van der Waals surface area contributed by atoms with E-state index in [2.05, 4.69) is 15.4 Å². The third kappa shape index (κ3) is 3.81. The summed E-state index contributed by atoms with van der Waals surface area (Å²) in [6.45, 7) is 1.63. The first-order valence-electron chi connectivity index (χ1n) is 7.69. The number of nitrogen functional groups attached to an aromatic ring is 1. The Hall–Kier alpha value is -3.02. The molecule has 9 nitrogen and oxygen atoms in total. The fourth-order valence-corrected chi connectivity index (χ4v) is 3.09. The summed E-state index contributed by atoms with van der Waals surface area (Å²) >= 11 is 6.05. The maximum atomic E-state index is 14.1. The summed E-state index contributed by atoms with van der Waals surface area (Å²) in [5.74, 6) is -2.04. The predicted molar refractivity (Wildman–Crippen MR) is 101 cm³/mol. The number of benzene rings is 2. The Kier molecular flexibility index (Phi) is 5.06. The number of aromatic nitrogens is 3. The van der Waals surface area contributed by atoms with Crippen molar-refractivity contribution in [1.29, 1.82) is 0 Å².